The zero-order valence-electron chi connectivity index (χ0n) is 9.81. The fourth-order valence-electron chi connectivity index (χ4n) is 1.77. The fourth-order valence-corrected chi connectivity index (χ4v) is 1.77. The summed E-state index contributed by atoms with van der Waals surface area (Å²) < 4.78 is 5.21. The zero-order chi connectivity index (χ0) is 10.9. The van der Waals surface area contributed by atoms with Crippen molar-refractivity contribution < 1.29 is 4.74 Å². The molecular formula is C12H23NO. The number of unbranched alkanes of at least 4 members (excludes halogenated alkanes) is 3. The van der Waals surface area contributed by atoms with E-state index in [0.29, 0.717) is 0 Å². The molecule has 0 amide bonds. The van der Waals surface area contributed by atoms with Gasteiger partial charge in [0.1, 0.15) is 5.60 Å². The van der Waals surface area contributed by atoms with Gasteiger partial charge in [-0.05, 0) is 25.7 Å². The molecule has 0 aromatic carbocycles. The average molecular weight is 197 g/mol. The monoisotopic (exact) mass is 197 g/mol. The Kier molecular flexibility index (Phi) is 7.28. The molecule has 0 aliphatic rings. The van der Waals surface area contributed by atoms with Crippen LogP contribution in [0.5, 0.6) is 0 Å². The van der Waals surface area contributed by atoms with Gasteiger partial charge in [-0.25, -0.2) is 0 Å². The van der Waals surface area contributed by atoms with Gasteiger partial charge in [0.25, 0.3) is 6.26 Å². The Bertz CT molecular complexity index is 168. The molecule has 0 aromatic heterocycles. The molecule has 0 aliphatic heterocycles. The van der Waals surface area contributed by atoms with Crippen molar-refractivity contribution in [3.8, 4) is 6.26 Å². The van der Waals surface area contributed by atoms with Crippen molar-refractivity contribution in [3.63, 3.8) is 0 Å². The van der Waals surface area contributed by atoms with E-state index < -0.39 is 0 Å². The number of nitrogens with zero attached hydrogens (tertiary/aromatic N) is 1. The summed E-state index contributed by atoms with van der Waals surface area (Å²) in [6.07, 6.45) is 9.72. The van der Waals surface area contributed by atoms with Crippen molar-refractivity contribution in [3.05, 3.63) is 0 Å². The molecule has 82 valence electrons. The van der Waals surface area contributed by atoms with Crippen molar-refractivity contribution in [1.82, 2.24) is 0 Å². The number of nitriles is 1. The van der Waals surface area contributed by atoms with Crippen molar-refractivity contribution >= 4 is 0 Å². The first kappa shape index (κ1) is 13.3. The van der Waals surface area contributed by atoms with Crippen LogP contribution >= 0.6 is 0 Å². The van der Waals surface area contributed by atoms with E-state index in [1.54, 1.807) is 0 Å². The van der Waals surface area contributed by atoms with Crippen LogP contribution in [-0.2, 0) is 4.74 Å². The Hall–Kier alpha value is -0.710. The first-order valence-electron chi connectivity index (χ1n) is 5.81. The summed E-state index contributed by atoms with van der Waals surface area (Å²) in [5, 5.41) is 8.59. The van der Waals surface area contributed by atoms with Crippen molar-refractivity contribution in [2.45, 2.75) is 71.3 Å². The van der Waals surface area contributed by atoms with Crippen molar-refractivity contribution in [1.29, 1.82) is 5.26 Å². The van der Waals surface area contributed by atoms with Gasteiger partial charge in [-0.15, -0.1) is 0 Å². The SMILES string of the molecule is CCCCCCC(CC)(CC)OC#N. The third-order valence-electron chi connectivity index (χ3n) is 3.04. The van der Waals surface area contributed by atoms with Gasteiger partial charge in [-0.3, -0.25) is 0 Å². The number of ether oxygens (including phenoxy) is 1. The van der Waals surface area contributed by atoms with E-state index in [4.69, 9.17) is 10.00 Å². The predicted octanol–water partition coefficient (Wildman–Crippen LogP) is 4.01. The second-order valence-corrected chi connectivity index (χ2v) is 3.89. The molecule has 0 bridgehead atoms. The van der Waals surface area contributed by atoms with E-state index in [9.17, 15) is 0 Å². The lowest BCUT2D eigenvalue weighted by molar-refractivity contribution is 0.0163. The largest absolute Gasteiger partial charge is 0.421 e. The Labute approximate surface area is 88.3 Å². The molecular weight excluding hydrogens is 174 g/mol. The maximum atomic E-state index is 8.59. The lowest BCUT2D eigenvalue weighted by atomic mass is 9.90. The summed E-state index contributed by atoms with van der Waals surface area (Å²) >= 11 is 0. The van der Waals surface area contributed by atoms with E-state index in [-0.39, 0.29) is 5.60 Å². The highest BCUT2D eigenvalue weighted by Crippen LogP contribution is 2.27. The van der Waals surface area contributed by atoms with Crippen LogP contribution in [0.25, 0.3) is 0 Å². The molecule has 0 unspecified atom stereocenters. The van der Waals surface area contributed by atoms with E-state index in [1.807, 2.05) is 6.26 Å². The Balaban J connectivity index is 3.89. The summed E-state index contributed by atoms with van der Waals surface area (Å²) in [6.45, 7) is 6.40. The Morgan fingerprint density at radius 3 is 2.14 bits per heavy atom. The number of rotatable bonds is 8. The van der Waals surface area contributed by atoms with E-state index in [1.165, 1.54) is 25.7 Å². The van der Waals surface area contributed by atoms with Gasteiger partial charge in [0.15, 0.2) is 0 Å². The second-order valence-electron chi connectivity index (χ2n) is 3.89. The Morgan fingerprint density at radius 2 is 1.71 bits per heavy atom. The molecule has 14 heavy (non-hydrogen) atoms. The van der Waals surface area contributed by atoms with Crippen LogP contribution in [0.3, 0.4) is 0 Å². The number of hydrogen-bond acceptors (Lipinski definition) is 2. The fraction of sp³-hybridized carbons (Fsp3) is 0.917. The van der Waals surface area contributed by atoms with Crippen LogP contribution in [0.1, 0.15) is 65.7 Å². The molecule has 0 heterocycles. The lowest BCUT2D eigenvalue weighted by Crippen LogP contribution is -2.29. The minimum Gasteiger partial charge on any atom is -0.421 e. The number of hydrogen-bond donors (Lipinski definition) is 0. The summed E-state index contributed by atoms with van der Waals surface area (Å²) in [6, 6.07) is 0. The molecule has 0 rings (SSSR count). The molecule has 0 spiro atoms. The molecule has 0 atom stereocenters. The first-order chi connectivity index (χ1) is 6.74. The van der Waals surface area contributed by atoms with Gasteiger partial charge in [0.05, 0.1) is 0 Å². The van der Waals surface area contributed by atoms with Gasteiger partial charge in [0, 0.05) is 0 Å². The molecule has 0 radical (unpaired) electrons. The van der Waals surface area contributed by atoms with E-state index in [0.717, 1.165) is 19.3 Å². The van der Waals surface area contributed by atoms with Crippen LogP contribution < -0.4 is 0 Å². The predicted molar refractivity (Wildman–Crippen MR) is 58.8 cm³/mol. The van der Waals surface area contributed by atoms with Crippen LogP contribution in [0.15, 0.2) is 0 Å². The van der Waals surface area contributed by atoms with Crippen LogP contribution in [0.2, 0.25) is 0 Å². The zero-order valence-corrected chi connectivity index (χ0v) is 9.81. The van der Waals surface area contributed by atoms with Crippen molar-refractivity contribution in [2.24, 2.45) is 0 Å². The van der Waals surface area contributed by atoms with Gasteiger partial charge < -0.3 is 4.74 Å². The summed E-state index contributed by atoms with van der Waals surface area (Å²) in [5.41, 5.74) is -0.178. The van der Waals surface area contributed by atoms with Gasteiger partial charge in [-0.1, -0.05) is 40.0 Å². The topological polar surface area (TPSA) is 33.0 Å². The third kappa shape index (κ3) is 4.50. The normalized spacial score (nSPS) is 11.0. The van der Waals surface area contributed by atoms with Gasteiger partial charge in [-0.2, -0.15) is 5.26 Å². The summed E-state index contributed by atoms with van der Waals surface area (Å²) in [4.78, 5) is 0. The quantitative estimate of drug-likeness (QED) is 0.435. The molecule has 2 heteroatoms. The molecule has 0 aliphatic carbocycles. The Morgan fingerprint density at radius 1 is 1.07 bits per heavy atom. The molecule has 0 N–H and O–H groups in total. The maximum Gasteiger partial charge on any atom is 0.286 e. The highest BCUT2D eigenvalue weighted by Gasteiger charge is 2.27. The lowest BCUT2D eigenvalue weighted by Gasteiger charge is -2.28. The smallest absolute Gasteiger partial charge is 0.286 e. The first-order valence-corrected chi connectivity index (χ1v) is 5.81. The molecule has 0 saturated carbocycles. The van der Waals surface area contributed by atoms with Crippen LogP contribution in [-0.4, -0.2) is 5.60 Å². The molecule has 0 aromatic rings. The van der Waals surface area contributed by atoms with E-state index in [2.05, 4.69) is 20.8 Å². The molecule has 2 nitrogen and oxygen atoms in total. The van der Waals surface area contributed by atoms with Crippen molar-refractivity contribution in [2.75, 3.05) is 0 Å². The average Bonchev–Trinajstić information content (AvgIpc) is 2.23. The minimum atomic E-state index is -0.178. The minimum absolute atomic E-state index is 0.178. The van der Waals surface area contributed by atoms with Gasteiger partial charge >= 0.3 is 0 Å². The third-order valence-corrected chi connectivity index (χ3v) is 3.04. The highest BCUT2D eigenvalue weighted by molar-refractivity contribution is 4.80. The molecule has 0 saturated heterocycles. The van der Waals surface area contributed by atoms with Crippen LogP contribution in [0.4, 0.5) is 0 Å². The molecule has 0 fully saturated rings. The second kappa shape index (κ2) is 7.67. The summed E-state index contributed by atoms with van der Waals surface area (Å²) in [5.74, 6) is 0. The summed E-state index contributed by atoms with van der Waals surface area (Å²) in [7, 11) is 0. The maximum absolute atomic E-state index is 8.59. The standard InChI is InChI=1S/C12H23NO/c1-4-7-8-9-10-12(5-2,6-3)14-11-13/h4-10H2,1-3H3. The van der Waals surface area contributed by atoms with Crippen LogP contribution in [0, 0.1) is 11.5 Å². The van der Waals surface area contributed by atoms with E-state index >= 15 is 0 Å². The van der Waals surface area contributed by atoms with Gasteiger partial charge in [0.2, 0.25) is 0 Å². The highest BCUT2D eigenvalue weighted by atomic mass is 16.5.